The van der Waals surface area contributed by atoms with Gasteiger partial charge >= 0.3 is 0 Å². The Kier molecular flexibility index (Phi) is 3.00. The van der Waals surface area contributed by atoms with E-state index >= 15 is 0 Å². The standard InChI is InChI=1S/C6H11NO3S2/c7-6(8)3-11-5-1-2-12(9,10)4-5/h5H,1-4H2,(H2,7,8). The second-order valence-corrected chi connectivity index (χ2v) is 6.32. The van der Waals surface area contributed by atoms with E-state index in [0.29, 0.717) is 6.42 Å². The van der Waals surface area contributed by atoms with Crippen LogP contribution in [0.4, 0.5) is 0 Å². The van der Waals surface area contributed by atoms with Gasteiger partial charge in [-0.3, -0.25) is 4.79 Å². The molecule has 0 aliphatic carbocycles. The van der Waals surface area contributed by atoms with Gasteiger partial charge in [0.2, 0.25) is 5.91 Å². The Morgan fingerprint density at radius 2 is 2.25 bits per heavy atom. The molecule has 0 bridgehead atoms. The number of thioether (sulfide) groups is 1. The Morgan fingerprint density at radius 1 is 1.58 bits per heavy atom. The third-order valence-electron chi connectivity index (χ3n) is 1.65. The lowest BCUT2D eigenvalue weighted by Crippen LogP contribution is -2.16. The van der Waals surface area contributed by atoms with Crippen molar-refractivity contribution in [1.29, 1.82) is 0 Å². The van der Waals surface area contributed by atoms with Crippen LogP contribution >= 0.6 is 11.8 Å². The zero-order chi connectivity index (χ0) is 9.19. The normalized spacial score (nSPS) is 27.2. The van der Waals surface area contributed by atoms with Crippen molar-refractivity contribution in [1.82, 2.24) is 0 Å². The molecule has 0 aromatic carbocycles. The summed E-state index contributed by atoms with van der Waals surface area (Å²) in [7, 11) is -2.82. The van der Waals surface area contributed by atoms with Gasteiger partial charge in [-0.2, -0.15) is 0 Å². The third kappa shape index (κ3) is 3.02. The number of carbonyl (C=O) groups excluding carboxylic acids is 1. The van der Waals surface area contributed by atoms with Gasteiger partial charge in [0.25, 0.3) is 0 Å². The first-order valence-electron chi connectivity index (χ1n) is 3.60. The van der Waals surface area contributed by atoms with Crippen LogP contribution in [0.1, 0.15) is 6.42 Å². The fourth-order valence-electron chi connectivity index (χ4n) is 1.09. The van der Waals surface area contributed by atoms with Gasteiger partial charge in [-0.25, -0.2) is 8.42 Å². The Balaban J connectivity index is 2.34. The van der Waals surface area contributed by atoms with Crippen molar-refractivity contribution in [3.8, 4) is 0 Å². The molecule has 1 atom stereocenters. The van der Waals surface area contributed by atoms with Crippen molar-refractivity contribution >= 4 is 27.5 Å². The van der Waals surface area contributed by atoms with Crippen LogP contribution in [0, 0.1) is 0 Å². The van der Waals surface area contributed by atoms with E-state index in [1.165, 1.54) is 11.8 Å². The molecule has 1 aliphatic heterocycles. The highest BCUT2D eigenvalue weighted by Crippen LogP contribution is 2.23. The molecule has 12 heavy (non-hydrogen) atoms. The van der Waals surface area contributed by atoms with Gasteiger partial charge in [-0.05, 0) is 6.42 Å². The molecule has 1 heterocycles. The Labute approximate surface area is 75.8 Å². The van der Waals surface area contributed by atoms with Gasteiger partial charge in [0.15, 0.2) is 9.84 Å². The van der Waals surface area contributed by atoms with E-state index < -0.39 is 9.84 Å². The minimum atomic E-state index is -2.82. The monoisotopic (exact) mass is 209 g/mol. The molecular weight excluding hydrogens is 198 g/mol. The van der Waals surface area contributed by atoms with E-state index in [1.54, 1.807) is 0 Å². The quantitative estimate of drug-likeness (QED) is 0.673. The predicted molar refractivity (Wildman–Crippen MR) is 48.7 cm³/mol. The molecular formula is C6H11NO3S2. The summed E-state index contributed by atoms with van der Waals surface area (Å²) in [6, 6.07) is 0. The van der Waals surface area contributed by atoms with Crippen LogP contribution in [0.25, 0.3) is 0 Å². The van der Waals surface area contributed by atoms with Crippen molar-refractivity contribution in [3.63, 3.8) is 0 Å². The third-order valence-corrected chi connectivity index (χ3v) is 4.96. The second kappa shape index (κ2) is 3.66. The maximum absolute atomic E-state index is 11.0. The first kappa shape index (κ1) is 9.85. The van der Waals surface area contributed by atoms with Crippen LogP contribution in [0.15, 0.2) is 0 Å². The molecule has 0 saturated carbocycles. The topological polar surface area (TPSA) is 77.2 Å². The van der Waals surface area contributed by atoms with Crippen molar-refractivity contribution < 1.29 is 13.2 Å². The largest absolute Gasteiger partial charge is 0.369 e. The highest BCUT2D eigenvalue weighted by molar-refractivity contribution is 8.02. The summed E-state index contributed by atoms with van der Waals surface area (Å²) in [5.41, 5.74) is 4.93. The molecule has 4 nitrogen and oxygen atoms in total. The summed E-state index contributed by atoms with van der Waals surface area (Å²) in [4.78, 5) is 10.4. The Morgan fingerprint density at radius 3 is 2.67 bits per heavy atom. The van der Waals surface area contributed by atoms with Crippen molar-refractivity contribution in [2.45, 2.75) is 11.7 Å². The molecule has 6 heteroatoms. The molecule has 1 aliphatic rings. The van der Waals surface area contributed by atoms with E-state index in [0.717, 1.165) is 0 Å². The van der Waals surface area contributed by atoms with Crippen molar-refractivity contribution in [2.75, 3.05) is 17.3 Å². The number of carbonyl (C=O) groups is 1. The first-order valence-corrected chi connectivity index (χ1v) is 6.47. The number of hydrogen-bond donors (Lipinski definition) is 1. The van der Waals surface area contributed by atoms with E-state index in [4.69, 9.17) is 5.73 Å². The van der Waals surface area contributed by atoms with E-state index in [1.807, 2.05) is 0 Å². The molecule has 2 N–H and O–H groups in total. The molecule has 1 fully saturated rings. The number of amides is 1. The molecule has 0 spiro atoms. The lowest BCUT2D eigenvalue weighted by molar-refractivity contribution is -0.115. The van der Waals surface area contributed by atoms with Gasteiger partial charge in [-0.15, -0.1) is 11.8 Å². The van der Waals surface area contributed by atoms with Crippen molar-refractivity contribution in [2.24, 2.45) is 5.73 Å². The van der Waals surface area contributed by atoms with Crippen LogP contribution in [0.2, 0.25) is 0 Å². The zero-order valence-corrected chi connectivity index (χ0v) is 8.16. The zero-order valence-electron chi connectivity index (χ0n) is 6.52. The van der Waals surface area contributed by atoms with Gasteiger partial charge < -0.3 is 5.73 Å². The van der Waals surface area contributed by atoms with Crippen LogP contribution in [-0.2, 0) is 14.6 Å². The van der Waals surface area contributed by atoms with Gasteiger partial charge in [-0.1, -0.05) is 0 Å². The maximum Gasteiger partial charge on any atom is 0.227 e. The lowest BCUT2D eigenvalue weighted by atomic mass is 10.4. The van der Waals surface area contributed by atoms with Gasteiger partial charge in [0, 0.05) is 5.25 Å². The molecule has 1 unspecified atom stereocenters. The summed E-state index contributed by atoms with van der Waals surface area (Å²) < 4.78 is 21.9. The van der Waals surface area contributed by atoms with Crippen LogP contribution in [0.5, 0.6) is 0 Å². The lowest BCUT2D eigenvalue weighted by Gasteiger charge is -2.03. The summed E-state index contributed by atoms with van der Waals surface area (Å²) >= 11 is 1.34. The van der Waals surface area contributed by atoms with Gasteiger partial charge in [0.05, 0.1) is 17.3 Å². The molecule has 1 rings (SSSR count). The first-order chi connectivity index (χ1) is 5.49. The number of rotatable bonds is 3. The average Bonchev–Trinajstić information content (AvgIpc) is 2.26. The number of primary amides is 1. The molecule has 0 aromatic rings. The summed E-state index contributed by atoms with van der Waals surface area (Å²) in [6.07, 6.45) is 0.653. The Hall–Kier alpha value is -0.230. The van der Waals surface area contributed by atoms with Crippen LogP contribution in [-0.4, -0.2) is 36.8 Å². The highest BCUT2D eigenvalue weighted by Gasteiger charge is 2.28. The molecule has 0 aromatic heterocycles. The molecule has 1 saturated heterocycles. The predicted octanol–water partition coefficient (Wildman–Crippen LogP) is -0.608. The number of sulfone groups is 1. The van der Waals surface area contributed by atoms with E-state index in [-0.39, 0.29) is 28.4 Å². The minimum absolute atomic E-state index is 0.0718. The molecule has 70 valence electrons. The minimum Gasteiger partial charge on any atom is -0.369 e. The average molecular weight is 209 g/mol. The summed E-state index contributed by atoms with van der Waals surface area (Å²) in [5.74, 6) is 0.290. The SMILES string of the molecule is NC(=O)CSC1CCS(=O)(=O)C1. The molecule has 1 amide bonds. The molecule has 0 radical (unpaired) electrons. The fourth-order valence-corrected chi connectivity index (χ4v) is 4.48. The Bertz CT molecular complexity index is 273. The highest BCUT2D eigenvalue weighted by atomic mass is 32.2. The van der Waals surface area contributed by atoms with E-state index in [9.17, 15) is 13.2 Å². The second-order valence-electron chi connectivity index (χ2n) is 2.80. The summed E-state index contributed by atoms with van der Waals surface area (Å²) in [6.45, 7) is 0. The summed E-state index contributed by atoms with van der Waals surface area (Å²) in [5, 5.41) is 0.0718. The smallest absolute Gasteiger partial charge is 0.227 e. The van der Waals surface area contributed by atoms with E-state index in [2.05, 4.69) is 0 Å². The van der Waals surface area contributed by atoms with Crippen LogP contribution < -0.4 is 5.73 Å². The number of hydrogen-bond acceptors (Lipinski definition) is 4. The number of nitrogens with two attached hydrogens (primary N) is 1. The fraction of sp³-hybridized carbons (Fsp3) is 0.833. The van der Waals surface area contributed by atoms with Crippen LogP contribution in [0.3, 0.4) is 0 Å². The maximum atomic E-state index is 11.0. The van der Waals surface area contributed by atoms with Crippen molar-refractivity contribution in [3.05, 3.63) is 0 Å². The van der Waals surface area contributed by atoms with Gasteiger partial charge in [0.1, 0.15) is 0 Å².